The largest absolute Gasteiger partial charge is 0.395 e. The van der Waals surface area contributed by atoms with Crippen molar-refractivity contribution in [2.24, 2.45) is 46.3 Å². The van der Waals surface area contributed by atoms with Gasteiger partial charge in [0.15, 0.2) is 0 Å². The smallest absolute Gasteiger partial charge is 0.334 e. The lowest BCUT2D eigenvalue weighted by molar-refractivity contribution is -0.300. The van der Waals surface area contributed by atoms with E-state index >= 15 is 0 Å². The molecule has 34 heavy (non-hydrogen) atoms. The van der Waals surface area contributed by atoms with E-state index in [9.17, 15) is 0 Å². The second kappa shape index (κ2) is 9.54. The van der Waals surface area contributed by atoms with Crippen LogP contribution in [0.4, 0.5) is 0 Å². The first-order valence-electron chi connectivity index (χ1n) is 14.8. The molecule has 0 amide bonds. The van der Waals surface area contributed by atoms with Crippen LogP contribution in [0.5, 0.6) is 0 Å². The van der Waals surface area contributed by atoms with E-state index in [1.807, 2.05) is 0 Å². The van der Waals surface area contributed by atoms with Gasteiger partial charge in [-0.2, -0.15) is 0 Å². The van der Waals surface area contributed by atoms with Crippen LogP contribution in [0.15, 0.2) is 0 Å². The van der Waals surface area contributed by atoms with Gasteiger partial charge in [-0.25, -0.2) is 0 Å². The molecule has 0 aromatic carbocycles. The summed E-state index contributed by atoms with van der Waals surface area (Å²) in [6, 6.07) is 2.40. The maximum Gasteiger partial charge on any atom is 0.334 e. The molecule has 0 aromatic heterocycles. The highest BCUT2D eigenvalue weighted by molar-refractivity contribution is 6.66. The maximum absolute atomic E-state index is 6.32. The van der Waals surface area contributed by atoms with E-state index < -0.39 is 17.1 Å². The van der Waals surface area contributed by atoms with Gasteiger partial charge in [0.2, 0.25) is 0 Å². The Labute approximate surface area is 211 Å². The van der Waals surface area contributed by atoms with Crippen molar-refractivity contribution in [1.29, 1.82) is 0 Å². The first kappa shape index (κ1) is 25.9. The molecule has 7 saturated carbocycles. The Hall–Kier alpha value is 0.274. The normalized spacial score (nSPS) is 42.2. The summed E-state index contributed by atoms with van der Waals surface area (Å²) >= 11 is 0. The first-order valence-corrected chi connectivity index (χ1v) is 19.9. The van der Waals surface area contributed by atoms with Gasteiger partial charge in [0.1, 0.15) is 0 Å². The van der Waals surface area contributed by atoms with Crippen molar-refractivity contribution in [2.75, 3.05) is 26.4 Å². The van der Waals surface area contributed by atoms with Crippen molar-refractivity contribution in [2.45, 2.75) is 104 Å². The van der Waals surface area contributed by atoms with Crippen LogP contribution in [0.2, 0.25) is 25.2 Å². The van der Waals surface area contributed by atoms with Gasteiger partial charge in [-0.1, -0.05) is 0 Å². The van der Waals surface area contributed by atoms with Crippen LogP contribution in [-0.4, -0.2) is 43.5 Å². The zero-order valence-electron chi connectivity index (χ0n) is 23.0. The Kier molecular flexibility index (Phi) is 7.27. The van der Waals surface area contributed by atoms with Gasteiger partial charge in [0.25, 0.3) is 0 Å². The molecule has 7 aliphatic carbocycles. The molecule has 4 unspecified atom stereocenters. The molecule has 0 heterocycles. The zero-order chi connectivity index (χ0) is 24.2. The third-order valence-electron chi connectivity index (χ3n) is 11.5. The Balaban J connectivity index is 1.39. The van der Waals surface area contributed by atoms with Crippen LogP contribution in [0.25, 0.3) is 0 Å². The second-order valence-corrected chi connectivity index (χ2v) is 19.7. The van der Waals surface area contributed by atoms with Crippen molar-refractivity contribution in [3.05, 3.63) is 0 Å². The molecular weight excluding hydrogens is 456 g/mol. The molecule has 6 heteroatoms. The SMILES string of the molecule is CCO[Si](C)(CCC12CC3CC4C1CC1CC2C(C3)C4(CC[Si](C)(OCC)OCC)C1)OCC. The van der Waals surface area contributed by atoms with Crippen LogP contribution in [0.1, 0.15) is 79.1 Å². The summed E-state index contributed by atoms with van der Waals surface area (Å²) in [7, 11) is -4.12. The highest BCUT2D eigenvalue weighted by atomic mass is 28.4. The third kappa shape index (κ3) is 4.05. The summed E-state index contributed by atoms with van der Waals surface area (Å²) in [5, 5.41) is 0. The topological polar surface area (TPSA) is 36.9 Å². The molecule has 0 aliphatic heterocycles. The average molecular weight is 509 g/mol. The van der Waals surface area contributed by atoms with E-state index in [1.54, 1.807) is 0 Å². The summed E-state index contributed by atoms with van der Waals surface area (Å²) in [5.41, 5.74) is 1.19. The minimum atomic E-state index is -2.06. The second-order valence-electron chi connectivity index (χ2n) is 13.0. The van der Waals surface area contributed by atoms with E-state index in [1.165, 1.54) is 63.5 Å². The lowest BCUT2D eigenvalue weighted by Gasteiger charge is -2.79. The Bertz CT molecular complexity index is 633. The standard InChI is InChI=1S/C28H52O4Si2/c1-7-29-33(5,30-8-2)13-11-27-19-21-17-25-23(27)15-22-16-24(27)26(18-21)28(25,20-22)12-14-34(6,31-9-3)32-10-4/h21-26H,7-20H2,1-6H3. The monoisotopic (exact) mass is 508 g/mol. The molecule has 7 fully saturated rings. The fourth-order valence-corrected chi connectivity index (χ4v) is 15.9. The molecule has 7 rings (SSSR count). The van der Waals surface area contributed by atoms with Gasteiger partial charge in [-0.05, 0) is 151 Å². The molecule has 4 nitrogen and oxygen atoms in total. The highest BCUT2D eigenvalue weighted by Crippen LogP contribution is 2.81. The van der Waals surface area contributed by atoms with Gasteiger partial charge in [-0.15, -0.1) is 0 Å². The van der Waals surface area contributed by atoms with Crippen LogP contribution in [0.3, 0.4) is 0 Å². The zero-order valence-corrected chi connectivity index (χ0v) is 25.0. The fourth-order valence-electron chi connectivity index (χ4n) is 10.8. The number of hydrogen-bond donors (Lipinski definition) is 0. The van der Waals surface area contributed by atoms with E-state index in [4.69, 9.17) is 17.7 Å². The van der Waals surface area contributed by atoms with Gasteiger partial charge in [0.05, 0.1) is 0 Å². The predicted molar refractivity (Wildman–Crippen MR) is 142 cm³/mol. The Morgan fingerprint density at radius 2 is 0.853 bits per heavy atom. The predicted octanol–water partition coefficient (Wildman–Crippen LogP) is 7.14. The van der Waals surface area contributed by atoms with E-state index in [0.717, 1.165) is 61.9 Å². The Morgan fingerprint density at radius 3 is 1.12 bits per heavy atom. The van der Waals surface area contributed by atoms with Crippen molar-refractivity contribution < 1.29 is 17.7 Å². The Morgan fingerprint density at radius 1 is 0.559 bits per heavy atom. The minimum Gasteiger partial charge on any atom is -0.395 e. The molecule has 7 aliphatic rings. The van der Waals surface area contributed by atoms with E-state index in [2.05, 4.69) is 40.8 Å². The van der Waals surface area contributed by atoms with Crippen molar-refractivity contribution in [3.8, 4) is 0 Å². The molecule has 0 spiro atoms. The fraction of sp³-hybridized carbons (Fsp3) is 1.00. The summed E-state index contributed by atoms with van der Waals surface area (Å²) in [6.07, 6.45) is 11.9. The molecule has 196 valence electrons. The summed E-state index contributed by atoms with van der Waals surface area (Å²) < 4.78 is 25.3. The lowest BCUT2D eigenvalue weighted by Crippen LogP contribution is -2.72. The van der Waals surface area contributed by atoms with E-state index in [0.29, 0.717) is 10.8 Å². The van der Waals surface area contributed by atoms with Crippen molar-refractivity contribution in [3.63, 3.8) is 0 Å². The van der Waals surface area contributed by atoms with Crippen LogP contribution < -0.4 is 0 Å². The van der Waals surface area contributed by atoms with Gasteiger partial charge >= 0.3 is 17.1 Å². The van der Waals surface area contributed by atoms with Crippen LogP contribution in [-0.2, 0) is 17.7 Å². The van der Waals surface area contributed by atoms with Crippen LogP contribution >= 0.6 is 0 Å². The summed E-state index contributed by atoms with van der Waals surface area (Å²) in [6.45, 7) is 16.4. The minimum absolute atomic E-state index is 0.597. The van der Waals surface area contributed by atoms with Gasteiger partial charge in [-0.3, -0.25) is 0 Å². The maximum atomic E-state index is 6.32. The van der Waals surface area contributed by atoms with Gasteiger partial charge < -0.3 is 17.7 Å². The van der Waals surface area contributed by atoms with Crippen LogP contribution in [0, 0.1) is 46.3 Å². The first-order chi connectivity index (χ1) is 16.3. The molecule has 0 N–H and O–H groups in total. The number of rotatable bonds is 14. The van der Waals surface area contributed by atoms with Gasteiger partial charge in [0, 0.05) is 26.4 Å². The summed E-state index contributed by atoms with van der Waals surface area (Å²) in [4.78, 5) is 0. The highest BCUT2D eigenvalue weighted by Gasteiger charge is 2.74. The number of hydrogen-bond acceptors (Lipinski definition) is 4. The molecule has 0 aromatic rings. The molecule has 4 atom stereocenters. The third-order valence-corrected chi connectivity index (χ3v) is 17.4. The molecule has 8 bridgehead atoms. The quantitative estimate of drug-likeness (QED) is 0.234. The summed E-state index contributed by atoms with van der Waals surface area (Å²) in [5.74, 6) is 5.83. The molecular formula is C28H52O4Si2. The average Bonchev–Trinajstić information content (AvgIpc) is 2.80. The van der Waals surface area contributed by atoms with Crippen molar-refractivity contribution in [1.82, 2.24) is 0 Å². The lowest BCUT2D eigenvalue weighted by atomic mass is 9.26. The molecule has 0 radical (unpaired) electrons. The van der Waals surface area contributed by atoms with E-state index in [-0.39, 0.29) is 0 Å². The van der Waals surface area contributed by atoms with Crippen molar-refractivity contribution >= 4 is 17.1 Å². The molecule has 0 saturated heterocycles.